The molecule has 2 bridgehead atoms. The van der Waals surface area contributed by atoms with Crippen molar-refractivity contribution in [1.29, 1.82) is 0 Å². The summed E-state index contributed by atoms with van der Waals surface area (Å²) in [5.41, 5.74) is 4.56. The van der Waals surface area contributed by atoms with Gasteiger partial charge in [0.05, 0.1) is 11.4 Å². The number of hydrogen-bond donors (Lipinski definition) is 1. The summed E-state index contributed by atoms with van der Waals surface area (Å²) < 4.78 is 7.82. The quantitative estimate of drug-likeness (QED) is 0.702. The number of nitrogens with zero attached hydrogens (tertiary/aromatic N) is 4. The minimum Gasteiger partial charge on any atom is -0.491 e. The topological polar surface area (TPSA) is 62.9 Å². The molecule has 2 aliphatic heterocycles. The smallest absolute Gasteiger partial charge is 0.155 e. The van der Waals surface area contributed by atoms with Crippen LogP contribution in [-0.4, -0.2) is 49.9 Å². The highest BCUT2D eigenvalue weighted by atomic mass is 16.5. The molecule has 158 valence electrons. The number of para-hydroxylation sites is 1. The maximum Gasteiger partial charge on any atom is 0.155 e. The van der Waals surface area contributed by atoms with E-state index in [4.69, 9.17) is 14.8 Å². The summed E-state index contributed by atoms with van der Waals surface area (Å²) in [6.07, 6.45) is 4.70. The molecule has 2 aromatic heterocycles. The minimum absolute atomic E-state index is 0.00311. The number of aliphatic hydroxyl groups is 1. The van der Waals surface area contributed by atoms with Gasteiger partial charge in [-0.15, -0.1) is 0 Å². The van der Waals surface area contributed by atoms with Crippen LogP contribution in [-0.2, 0) is 11.8 Å². The zero-order valence-electron chi connectivity index (χ0n) is 18.0. The molecule has 6 heteroatoms. The fourth-order valence-electron chi connectivity index (χ4n) is 4.84. The first-order chi connectivity index (χ1) is 14.4. The van der Waals surface area contributed by atoms with Gasteiger partial charge in [-0.25, -0.2) is 9.50 Å². The molecule has 1 saturated heterocycles. The summed E-state index contributed by atoms with van der Waals surface area (Å²) in [4.78, 5) is 7.17. The Morgan fingerprint density at radius 3 is 2.77 bits per heavy atom. The van der Waals surface area contributed by atoms with E-state index in [9.17, 15) is 5.11 Å². The van der Waals surface area contributed by atoms with Gasteiger partial charge in [-0.05, 0) is 25.0 Å². The first-order valence-electron chi connectivity index (χ1n) is 10.9. The van der Waals surface area contributed by atoms with E-state index < -0.39 is 6.10 Å². The van der Waals surface area contributed by atoms with Crippen molar-refractivity contribution in [2.75, 3.05) is 13.2 Å². The fourth-order valence-corrected chi connectivity index (χ4v) is 4.84. The van der Waals surface area contributed by atoms with Crippen LogP contribution >= 0.6 is 0 Å². The van der Waals surface area contributed by atoms with E-state index in [0.29, 0.717) is 25.2 Å². The second-order valence-corrected chi connectivity index (χ2v) is 9.64. The van der Waals surface area contributed by atoms with Crippen LogP contribution in [0.3, 0.4) is 0 Å². The van der Waals surface area contributed by atoms with Crippen LogP contribution in [0, 0.1) is 0 Å². The predicted molar refractivity (Wildman–Crippen MR) is 116 cm³/mol. The zero-order valence-corrected chi connectivity index (χ0v) is 18.0. The molecule has 1 aromatic carbocycles. The molecule has 0 unspecified atom stereocenters. The van der Waals surface area contributed by atoms with Crippen LogP contribution in [0.1, 0.15) is 56.6 Å². The van der Waals surface area contributed by atoms with Crippen LogP contribution in [0.15, 0.2) is 42.6 Å². The van der Waals surface area contributed by atoms with E-state index in [1.165, 1.54) is 11.3 Å². The molecule has 30 heavy (non-hydrogen) atoms. The number of aromatic nitrogens is 3. The summed E-state index contributed by atoms with van der Waals surface area (Å²) in [5.74, 6) is 0.795. The average molecular weight is 407 g/mol. The van der Waals surface area contributed by atoms with Gasteiger partial charge in [0.15, 0.2) is 5.65 Å². The Balaban J connectivity index is 1.35. The second kappa shape index (κ2) is 7.36. The van der Waals surface area contributed by atoms with Crippen molar-refractivity contribution in [2.24, 2.45) is 0 Å². The van der Waals surface area contributed by atoms with E-state index in [2.05, 4.69) is 36.3 Å². The molecule has 4 heterocycles. The van der Waals surface area contributed by atoms with Gasteiger partial charge in [0.2, 0.25) is 0 Å². The molecular weight excluding hydrogens is 376 g/mol. The first kappa shape index (κ1) is 19.5. The summed E-state index contributed by atoms with van der Waals surface area (Å²) in [7, 11) is 0. The predicted octanol–water partition coefficient (Wildman–Crippen LogP) is 3.53. The zero-order chi connectivity index (χ0) is 20.9. The molecule has 3 aromatic rings. The van der Waals surface area contributed by atoms with E-state index in [1.54, 1.807) is 0 Å². The molecule has 3 atom stereocenters. The Labute approximate surface area is 177 Å². The highest BCUT2D eigenvalue weighted by Crippen LogP contribution is 2.43. The number of ether oxygens (including phenoxy) is 1. The van der Waals surface area contributed by atoms with Crippen LogP contribution in [0.25, 0.3) is 5.65 Å². The van der Waals surface area contributed by atoms with Crippen molar-refractivity contribution >= 4 is 5.65 Å². The lowest BCUT2D eigenvalue weighted by atomic mass is 9.93. The Morgan fingerprint density at radius 2 is 2.00 bits per heavy atom. The van der Waals surface area contributed by atoms with Gasteiger partial charge in [-0.2, -0.15) is 5.10 Å². The molecule has 0 radical (unpaired) electrons. The molecule has 0 amide bonds. The monoisotopic (exact) mass is 406 g/mol. The van der Waals surface area contributed by atoms with E-state index in [-0.39, 0.29) is 5.41 Å². The molecule has 5 rings (SSSR count). The van der Waals surface area contributed by atoms with Gasteiger partial charge in [-0.1, -0.05) is 39.0 Å². The highest BCUT2D eigenvalue weighted by molar-refractivity contribution is 5.45. The van der Waals surface area contributed by atoms with Gasteiger partial charge < -0.3 is 9.84 Å². The molecule has 2 aliphatic rings. The number of hydrogen-bond acceptors (Lipinski definition) is 5. The van der Waals surface area contributed by atoms with Crippen LogP contribution < -0.4 is 4.74 Å². The van der Waals surface area contributed by atoms with E-state index >= 15 is 0 Å². The summed E-state index contributed by atoms with van der Waals surface area (Å²) in [6, 6.07) is 12.5. The number of aliphatic hydroxyl groups excluding tert-OH is 1. The van der Waals surface area contributed by atoms with E-state index in [0.717, 1.165) is 36.4 Å². The number of fused-ring (bicyclic) bond motifs is 6. The van der Waals surface area contributed by atoms with Gasteiger partial charge in [0.1, 0.15) is 18.5 Å². The van der Waals surface area contributed by atoms with Gasteiger partial charge in [0.25, 0.3) is 0 Å². The maximum atomic E-state index is 10.6. The van der Waals surface area contributed by atoms with E-state index in [1.807, 2.05) is 36.5 Å². The van der Waals surface area contributed by atoms with Crippen molar-refractivity contribution < 1.29 is 9.84 Å². The van der Waals surface area contributed by atoms with Crippen molar-refractivity contribution in [3.05, 3.63) is 59.5 Å². The fraction of sp³-hybridized carbons (Fsp3) is 0.500. The molecular formula is C24H30N4O2. The van der Waals surface area contributed by atoms with Gasteiger partial charge in [-0.3, -0.25) is 4.90 Å². The molecule has 1 N–H and O–H groups in total. The lowest BCUT2D eigenvalue weighted by molar-refractivity contribution is 0.0446. The summed E-state index contributed by atoms with van der Waals surface area (Å²) in [6.45, 7) is 7.48. The number of benzene rings is 1. The number of rotatable bonds is 5. The third kappa shape index (κ3) is 3.48. The largest absolute Gasteiger partial charge is 0.491 e. The first-order valence-corrected chi connectivity index (χ1v) is 10.9. The third-order valence-electron chi connectivity index (χ3n) is 6.42. The normalized spacial score (nSPS) is 22.3. The summed E-state index contributed by atoms with van der Waals surface area (Å²) in [5, 5.41) is 15.5. The van der Waals surface area contributed by atoms with Crippen LogP contribution in [0.4, 0.5) is 0 Å². The van der Waals surface area contributed by atoms with Gasteiger partial charge in [0, 0.05) is 48.3 Å². The Kier molecular flexibility index (Phi) is 4.79. The minimum atomic E-state index is -0.524. The lowest BCUT2D eigenvalue weighted by Crippen LogP contribution is -2.44. The van der Waals surface area contributed by atoms with Crippen molar-refractivity contribution in [1.82, 2.24) is 19.5 Å². The highest BCUT2D eigenvalue weighted by Gasteiger charge is 2.42. The Hall–Kier alpha value is -2.44. The van der Waals surface area contributed by atoms with Crippen molar-refractivity contribution in [2.45, 2.75) is 63.6 Å². The van der Waals surface area contributed by atoms with Gasteiger partial charge >= 0.3 is 0 Å². The van der Waals surface area contributed by atoms with Crippen molar-refractivity contribution in [3.8, 4) is 5.75 Å². The van der Waals surface area contributed by atoms with Crippen molar-refractivity contribution in [3.63, 3.8) is 0 Å². The Bertz CT molecular complexity index is 1040. The average Bonchev–Trinajstić information content (AvgIpc) is 3.28. The molecule has 6 nitrogen and oxygen atoms in total. The molecule has 0 spiro atoms. The molecule has 0 saturated carbocycles. The standard InChI is InChI=1S/C24H30N4O2/c1-24(2,3)22-12-23-25-13-19-20-10-9-16(11-21(19)28(23)26-22)27(20)14-17(29)15-30-18-7-5-4-6-8-18/h4-8,12-13,16-17,20,29H,9-11,14-15H2,1-3H3/t16-,17-,20-/m0/s1. The molecule has 1 fully saturated rings. The Morgan fingerprint density at radius 1 is 1.20 bits per heavy atom. The molecule has 0 aliphatic carbocycles. The van der Waals surface area contributed by atoms with Crippen LogP contribution in [0.5, 0.6) is 5.75 Å². The lowest BCUT2D eigenvalue weighted by Gasteiger charge is -2.37. The third-order valence-corrected chi connectivity index (χ3v) is 6.42. The second-order valence-electron chi connectivity index (χ2n) is 9.64. The summed E-state index contributed by atoms with van der Waals surface area (Å²) >= 11 is 0. The van der Waals surface area contributed by atoms with Crippen LogP contribution in [0.2, 0.25) is 0 Å². The maximum absolute atomic E-state index is 10.6. The SMILES string of the molecule is CC(C)(C)c1cc2ncc3c(n2n1)C[C@@H]1CC[C@@H]3N1C[C@H](O)COc1ccccc1.